The van der Waals surface area contributed by atoms with Crippen molar-refractivity contribution in [2.45, 2.75) is 6.92 Å². The van der Waals surface area contributed by atoms with E-state index in [1.54, 1.807) is 0 Å². The number of para-hydroxylation sites is 2. The molecule has 50 heavy (non-hydrogen) atoms. The number of nitrogens with zero attached hydrogens (tertiary/aromatic N) is 3. The Kier molecular flexibility index (Phi) is 5.65. The van der Waals surface area contributed by atoms with Crippen molar-refractivity contribution < 1.29 is 0 Å². The van der Waals surface area contributed by atoms with Crippen molar-refractivity contribution in [1.82, 2.24) is 8.97 Å². The van der Waals surface area contributed by atoms with Gasteiger partial charge in [0.05, 0.1) is 33.3 Å². The van der Waals surface area contributed by atoms with Crippen molar-refractivity contribution >= 4 is 87.8 Å². The molecule has 10 aromatic rings. The maximum absolute atomic E-state index is 5.64. The first-order chi connectivity index (χ1) is 24.7. The molecule has 11 rings (SSSR count). The van der Waals surface area contributed by atoms with E-state index in [2.05, 4.69) is 180 Å². The highest BCUT2D eigenvalue weighted by atomic mass is 15.1. The molecule has 1 atom stereocenters. The molecule has 234 valence electrons. The van der Waals surface area contributed by atoms with Gasteiger partial charge in [0.1, 0.15) is 5.82 Å². The fourth-order valence-electron chi connectivity index (χ4n) is 8.68. The molecule has 1 unspecified atom stereocenters. The lowest BCUT2D eigenvalue weighted by Crippen LogP contribution is -2.11. The van der Waals surface area contributed by atoms with Gasteiger partial charge in [-0.2, -0.15) is 0 Å². The molecule has 0 radical (unpaired) electrons. The van der Waals surface area contributed by atoms with Crippen molar-refractivity contribution in [3.8, 4) is 0 Å². The van der Waals surface area contributed by atoms with E-state index in [9.17, 15) is 0 Å². The predicted molar refractivity (Wildman–Crippen MR) is 212 cm³/mol. The standard InChI is InChI=1S/C47H31N3/c1-29-26-33(30-14-4-2-5-15-30)28-42(48-46(29)31-16-6-3-7-17-31)49-40-25-24-36-35-20-10-12-22-38(35)50-39-23-13-11-21-37(39)43-34-19-9-8-18-32(34)27-41(49)44(43)45(40)47(36)50/h2-29H,1H3. The third-order valence-electron chi connectivity index (χ3n) is 10.8. The summed E-state index contributed by atoms with van der Waals surface area (Å²) in [7, 11) is 0. The third kappa shape index (κ3) is 3.72. The summed E-state index contributed by atoms with van der Waals surface area (Å²) in [5, 5.41) is 10.1. The van der Waals surface area contributed by atoms with Gasteiger partial charge in [-0.05, 0) is 57.8 Å². The van der Waals surface area contributed by atoms with E-state index < -0.39 is 0 Å². The Hall–Kier alpha value is -6.45. The lowest BCUT2D eigenvalue weighted by atomic mass is 9.94. The fraction of sp³-hybridized carbons (Fsp3) is 0.0426. The van der Waals surface area contributed by atoms with Crippen LogP contribution in [0.15, 0.2) is 169 Å². The molecule has 1 aliphatic heterocycles. The molecule has 1 aliphatic rings. The minimum absolute atomic E-state index is 0.103. The van der Waals surface area contributed by atoms with Gasteiger partial charge in [0.15, 0.2) is 0 Å². The third-order valence-corrected chi connectivity index (χ3v) is 10.8. The van der Waals surface area contributed by atoms with Gasteiger partial charge in [0, 0.05) is 38.2 Å². The number of benzene rings is 7. The topological polar surface area (TPSA) is 21.7 Å². The van der Waals surface area contributed by atoms with Crippen LogP contribution in [0.5, 0.6) is 0 Å². The van der Waals surface area contributed by atoms with Gasteiger partial charge in [-0.3, -0.25) is 4.57 Å². The molecular weight excluding hydrogens is 607 g/mol. The van der Waals surface area contributed by atoms with Crippen LogP contribution in [0.25, 0.3) is 82.1 Å². The number of hydrogen-bond donors (Lipinski definition) is 0. The first-order valence-corrected chi connectivity index (χ1v) is 17.4. The Morgan fingerprint density at radius 1 is 0.500 bits per heavy atom. The Morgan fingerprint density at radius 2 is 1.14 bits per heavy atom. The Morgan fingerprint density at radius 3 is 1.92 bits per heavy atom. The second-order valence-electron chi connectivity index (χ2n) is 13.6. The van der Waals surface area contributed by atoms with E-state index in [0.717, 1.165) is 22.6 Å². The molecule has 0 fully saturated rings. The zero-order valence-electron chi connectivity index (χ0n) is 27.5. The van der Waals surface area contributed by atoms with Crippen LogP contribution in [0.2, 0.25) is 0 Å². The van der Waals surface area contributed by atoms with Crippen LogP contribution in [-0.2, 0) is 0 Å². The van der Waals surface area contributed by atoms with Crippen molar-refractivity contribution in [3.05, 3.63) is 175 Å². The molecule has 3 aromatic heterocycles. The molecule has 4 heterocycles. The van der Waals surface area contributed by atoms with E-state index in [4.69, 9.17) is 4.99 Å². The lowest BCUT2D eigenvalue weighted by molar-refractivity contribution is 0.999. The van der Waals surface area contributed by atoms with Gasteiger partial charge in [0.25, 0.3) is 0 Å². The minimum Gasteiger partial charge on any atom is -0.308 e. The molecule has 3 nitrogen and oxygen atoms in total. The van der Waals surface area contributed by atoms with Crippen LogP contribution in [-0.4, -0.2) is 14.7 Å². The van der Waals surface area contributed by atoms with Crippen LogP contribution >= 0.6 is 0 Å². The van der Waals surface area contributed by atoms with Crippen LogP contribution in [0, 0.1) is 5.92 Å². The number of allylic oxidation sites excluding steroid dienone is 3. The number of hydrogen-bond acceptors (Lipinski definition) is 1. The van der Waals surface area contributed by atoms with Gasteiger partial charge in [-0.15, -0.1) is 0 Å². The van der Waals surface area contributed by atoms with Crippen molar-refractivity contribution in [2.75, 3.05) is 0 Å². The van der Waals surface area contributed by atoms with E-state index in [1.807, 2.05) is 0 Å². The average Bonchev–Trinajstić information content (AvgIpc) is 3.56. The maximum Gasteiger partial charge on any atom is 0.138 e. The second-order valence-corrected chi connectivity index (χ2v) is 13.6. The van der Waals surface area contributed by atoms with E-state index >= 15 is 0 Å². The summed E-state index contributed by atoms with van der Waals surface area (Å²) in [6.45, 7) is 2.26. The largest absolute Gasteiger partial charge is 0.308 e. The van der Waals surface area contributed by atoms with Crippen LogP contribution in [0.3, 0.4) is 0 Å². The van der Waals surface area contributed by atoms with Gasteiger partial charge in [0.2, 0.25) is 0 Å². The van der Waals surface area contributed by atoms with Crippen LogP contribution in [0.1, 0.15) is 18.1 Å². The number of fused-ring (bicyclic) bond motifs is 8. The molecule has 3 heteroatoms. The quantitative estimate of drug-likeness (QED) is 0.184. The minimum atomic E-state index is 0.103. The van der Waals surface area contributed by atoms with Gasteiger partial charge < -0.3 is 4.40 Å². The normalized spacial score (nSPS) is 15.5. The van der Waals surface area contributed by atoms with Crippen molar-refractivity contribution in [3.63, 3.8) is 0 Å². The first-order valence-electron chi connectivity index (χ1n) is 17.4. The molecule has 0 aliphatic carbocycles. The molecule has 0 saturated carbocycles. The Balaban J connectivity index is 1.39. The molecule has 0 bridgehead atoms. The summed E-state index contributed by atoms with van der Waals surface area (Å²) in [5.74, 6) is 1.02. The Labute approximate surface area is 288 Å². The van der Waals surface area contributed by atoms with Gasteiger partial charge in [-0.25, -0.2) is 4.99 Å². The van der Waals surface area contributed by atoms with Crippen molar-refractivity contribution in [1.29, 1.82) is 0 Å². The lowest BCUT2D eigenvalue weighted by Gasteiger charge is -2.14. The number of aromatic nitrogens is 2. The summed E-state index contributed by atoms with van der Waals surface area (Å²) in [6.07, 6.45) is 4.67. The number of aliphatic imine (C=N–C) groups is 1. The molecular formula is C47H31N3. The summed E-state index contributed by atoms with van der Waals surface area (Å²) >= 11 is 0. The van der Waals surface area contributed by atoms with Gasteiger partial charge in [-0.1, -0.05) is 140 Å². The molecule has 0 amide bonds. The van der Waals surface area contributed by atoms with Crippen molar-refractivity contribution in [2.24, 2.45) is 10.9 Å². The average molecular weight is 638 g/mol. The zero-order chi connectivity index (χ0) is 32.9. The molecule has 7 aromatic carbocycles. The van der Waals surface area contributed by atoms with E-state index in [0.29, 0.717) is 0 Å². The highest BCUT2D eigenvalue weighted by Crippen LogP contribution is 2.47. The van der Waals surface area contributed by atoms with E-state index in [-0.39, 0.29) is 5.92 Å². The predicted octanol–water partition coefficient (Wildman–Crippen LogP) is 12.1. The molecule has 0 N–H and O–H groups in total. The summed E-state index contributed by atoms with van der Waals surface area (Å²) in [4.78, 5) is 5.64. The molecule has 0 saturated heterocycles. The zero-order valence-corrected chi connectivity index (χ0v) is 27.5. The fourth-order valence-corrected chi connectivity index (χ4v) is 8.68. The summed E-state index contributed by atoms with van der Waals surface area (Å²) < 4.78 is 4.95. The molecule has 0 spiro atoms. The SMILES string of the molecule is CC1C=C(c2ccccc2)C=C(n2c3cc4ccccc4c4c5ccccc5n5c6ccccc6c6ccc2c(c43)c65)N=C1c1ccccc1. The smallest absolute Gasteiger partial charge is 0.138 e. The van der Waals surface area contributed by atoms with Gasteiger partial charge >= 0.3 is 0 Å². The van der Waals surface area contributed by atoms with Crippen LogP contribution in [0.4, 0.5) is 0 Å². The highest BCUT2D eigenvalue weighted by Gasteiger charge is 2.26. The maximum atomic E-state index is 5.64. The first kappa shape index (κ1) is 27.5. The summed E-state index contributed by atoms with van der Waals surface area (Å²) in [5.41, 5.74) is 10.6. The van der Waals surface area contributed by atoms with E-state index in [1.165, 1.54) is 76.3 Å². The van der Waals surface area contributed by atoms with Crippen LogP contribution < -0.4 is 0 Å². The number of rotatable bonds is 3. The second kappa shape index (κ2) is 10.3. The Bertz CT molecular complexity index is 3080. The summed E-state index contributed by atoms with van der Waals surface area (Å²) in [6, 6.07) is 55.1. The monoisotopic (exact) mass is 637 g/mol. The highest BCUT2D eigenvalue weighted by molar-refractivity contribution is 6.37.